The minimum Gasteiger partial charge on any atom is -0.377 e. The molecule has 0 fully saturated rings. The van der Waals surface area contributed by atoms with Crippen molar-refractivity contribution in [3.63, 3.8) is 0 Å². The van der Waals surface area contributed by atoms with E-state index in [0.717, 1.165) is 11.1 Å². The number of hydrogen-bond donors (Lipinski definition) is 1. The van der Waals surface area contributed by atoms with E-state index in [4.69, 9.17) is 0 Å². The van der Waals surface area contributed by atoms with Gasteiger partial charge in [0.1, 0.15) is 5.69 Å². The Bertz CT molecular complexity index is 618. The molecule has 2 aromatic rings. The highest BCUT2D eigenvalue weighted by Gasteiger charge is 2.25. The molecule has 0 spiro atoms. The van der Waals surface area contributed by atoms with Gasteiger partial charge in [-0.3, -0.25) is 0 Å². The number of anilines is 1. The summed E-state index contributed by atoms with van der Waals surface area (Å²) in [7, 11) is 0. The van der Waals surface area contributed by atoms with Gasteiger partial charge in [0.2, 0.25) is 0 Å². The molecule has 0 saturated carbocycles. The maximum Gasteiger partial charge on any atom is 0.185 e. The maximum atomic E-state index is 13.6. The van der Waals surface area contributed by atoms with Gasteiger partial charge in [-0.1, -0.05) is 24.3 Å². The van der Waals surface area contributed by atoms with Crippen LogP contribution >= 0.6 is 0 Å². The summed E-state index contributed by atoms with van der Waals surface area (Å²) in [6.45, 7) is 0. The Morgan fingerprint density at radius 3 is 1.85 bits per heavy atom. The summed E-state index contributed by atoms with van der Waals surface area (Å²) in [5.74, 6) is -5.58. The van der Waals surface area contributed by atoms with Gasteiger partial charge in [-0.15, -0.1) is 0 Å². The molecule has 2 aromatic carbocycles. The van der Waals surface area contributed by atoms with E-state index in [0.29, 0.717) is 12.8 Å². The van der Waals surface area contributed by atoms with Gasteiger partial charge >= 0.3 is 0 Å². The van der Waals surface area contributed by atoms with Gasteiger partial charge in [-0.2, -0.15) is 0 Å². The number of rotatable bonds is 2. The number of nitrogens with one attached hydrogen (secondary N) is 1. The maximum absolute atomic E-state index is 13.6. The molecule has 1 nitrogen and oxygen atoms in total. The van der Waals surface area contributed by atoms with Crippen LogP contribution in [-0.4, -0.2) is 6.04 Å². The van der Waals surface area contributed by atoms with Crippen LogP contribution in [0.15, 0.2) is 30.3 Å². The van der Waals surface area contributed by atoms with Crippen molar-refractivity contribution in [3.05, 3.63) is 64.7 Å². The van der Waals surface area contributed by atoms with Gasteiger partial charge in [-0.25, -0.2) is 17.6 Å². The monoisotopic (exact) mass is 281 g/mol. The topological polar surface area (TPSA) is 12.0 Å². The average molecular weight is 281 g/mol. The Morgan fingerprint density at radius 1 is 0.850 bits per heavy atom. The first-order chi connectivity index (χ1) is 9.56. The van der Waals surface area contributed by atoms with E-state index in [1.54, 1.807) is 0 Å². The van der Waals surface area contributed by atoms with Gasteiger partial charge in [0.15, 0.2) is 23.3 Å². The Balaban J connectivity index is 1.87. The fourth-order valence-electron chi connectivity index (χ4n) is 2.56. The van der Waals surface area contributed by atoms with Gasteiger partial charge in [0.25, 0.3) is 0 Å². The summed E-state index contributed by atoms with van der Waals surface area (Å²) in [6.07, 6.45) is 1.13. The first kappa shape index (κ1) is 13.0. The van der Waals surface area contributed by atoms with Crippen molar-refractivity contribution in [2.75, 3.05) is 5.32 Å². The number of fused-ring (bicyclic) bond motifs is 1. The normalized spacial score (nSPS) is 14.4. The average Bonchev–Trinajstić information content (AvgIpc) is 2.84. The molecule has 0 amide bonds. The molecule has 0 aromatic heterocycles. The van der Waals surface area contributed by atoms with Crippen molar-refractivity contribution >= 4 is 5.69 Å². The van der Waals surface area contributed by atoms with Crippen molar-refractivity contribution in [1.82, 2.24) is 0 Å². The quantitative estimate of drug-likeness (QED) is 0.651. The van der Waals surface area contributed by atoms with Crippen LogP contribution in [0.5, 0.6) is 0 Å². The molecule has 0 radical (unpaired) electrons. The molecule has 104 valence electrons. The minimum atomic E-state index is -1.40. The predicted octanol–water partition coefficient (Wildman–Crippen LogP) is 3.82. The van der Waals surface area contributed by atoms with Crippen LogP contribution in [0.25, 0.3) is 0 Å². The van der Waals surface area contributed by atoms with Crippen molar-refractivity contribution in [1.29, 1.82) is 0 Å². The molecule has 1 N–H and O–H groups in total. The lowest BCUT2D eigenvalue weighted by atomic mass is 10.1. The van der Waals surface area contributed by atoms with Crippen LogP contribution in [0.3, 0.4) is 0 Å². The molecule has 0 unspecified atom stereocenters. The fraction of sp³-hybridized carbons (Fsp3) is 0.200. The fourth-order valence-corrected chi connectivity index (χ4v) is 2.56. The van der Waals surface area contributed by atoms with Crippen molar-refractivity contribution in [2.24, 2.45) is 0 Å². The summed E-state index contributed by atoms with van der Waals surface area (Å²) < 4.78 is 53.4. The summed E-state index contributed by atoms with van der Waals surface area (Å²) in [6, 6.07) is 7.54. The lowest BCUT2D eigenvalue weighted by Gasteiger charge is -2.15. The smallest absolute Gasteiger partial charge is 0.185 e. The largest absolute Gasteiger partial charge is 0.377 e. The molecule has 0 saturated heterocycles. The second-order valence-electron chi connectivity index (χ2n) is 4.86. The lowest BCUT2D eigenvalue weighted by molar-refractivity contribution is 0.456. The van der Waals surface area contributed by atoms with E-state index in [1.807, 2.05) is 24.3 Å². The molecule has 1 aliphatic carbocycles. The minimum absolute atomic E-state index is 0.208. The molecule has 3 rings (SSSR count). The van der Waals surface area contributed by atoms with Crippen molar-refractivity contribution in [3.8, 4) is 0 Å². The van der Waals surface area contributed by atoms with Crippen LogP contribution in [0, 0.1) is 23.3 Å². The highest BCUT2D eigenvalue weighted by atomic mass is 19.2. The van der Waals surface area contributed by atoms with Gasteiger partial charge in [-0.05, 0) is 24.0 Å². The first-order valence-electron chi connectivity index (χ1n) is 6.22. The molecular weight excluding hydrogens is 270 g/mol. The van der Waals surface area contributed by atoms with Gasteiger partial charge < -0.3 is 5.32 Å². The first-order valence-corrected chi connectivity index (χ1v) is 6.22. The molecular formula is C15H11F4N. The van der Waals surface area contributed by atoms with E-state index in [2.05, 4.69) is 5.32 Å². The molecule has 0 atom stereocenters. The van der Waals surface area contributed by atoms with Crippen LogP contribution in [0.4, 0.5) is 23.2 Å². The summed E-state index contributed by atoms with van der Waals surface area (Å²) in [4.78, 5) is 0. The number of hydrogen-bond acceptors (Lipinski definition) is 1. The summed E-state index contributed by atoms with van der Waals surface area (Å²) in [5, 5.41) is 2.58. The van der Waals surface area contributed by atoms with Gasteiger partial charge in [0, 0.05) is 12.1 Å². The Kier molecular flexibility index (Phi) is 3.12. The highest BCUT2D eigenvalue weighted by Crippen LogP contribution is 2.29. The van der Waals surface area contributed by atoms with Crippen LogP contribution in [-0.2, 0) is 12.8 Å². The van der Waals surface area contributed by atoms with E-state index in [9.17, 15) is 17.6 Å². The molecule has 0 aliphatic heterocycles. The third-order valence-corrected chi connectivity index (χ3v) is 3.51. The molecule has 0 bridgehead atoms. The zero-order valence-electron chi connectivity index (χ0n) is 10.4. The van der Waals surface area contributed by atoms with Crippen LogP contribution in [0.1, 0.15) is 11.1 Å². The highest BCUT2D eigenvalue weighted by molar-refractivity contribution is 5.50. The zero-order chi connectivity index (χ0) is 14.3. The van der Waals surface area contributed by atoms with E-state index < -0.39 is 29.0 Å². The van der Waals surface area contributed by atoms with E-state index >= 15 is 0 Å². The second kappa shape index (κ2) is 4.81. The molecule has 0 heterocycles. The molecule has 5 heteroatoms. The second-order valence-corrected chi connectivity index (χ2v) is 4.86. The SMILES string of the molecule is Fc1cc(F)c(F)c(NC2Cc3ccccc3C2)c1F. The lowest BCUT2D eigenvalue weighted by Crippen LogP contribution is -2.22. The summed E-state index contributed by atoms with van der Waals surface area (Å²) in [5.41, 5.74) is 1.41. The Morgan fingerprint density at radius 2 is 1.35 bits per heavy atom. The van der Waals surface area contributed by atoms with E-state index in [-0.39, 0.29) is 12.1 Å². The van der Waals surface area contributed by atoms with Crippen molar-refractivity contribution < 1.29 is 17.6 Å². The number of halogens is 4. The van der Waals surface area contributed by atoms with E-state index in [1.165, 1.54) is 0 Å². The third kappa shape index (κ3) is 2.13. The van der Waals surface area contributed by atoms with Crippen molar-refractivity contribution in [2.45, 2.75) is 18.9 Å². The predicted molar refractivity (Wildman–Crippen MR) is 67.5 cm³/mol. The van der Waals surface area contributed by atoms with Crippen LogP contribution < -0.4 is 5.32 Å². The zero-order valence-corrected chi connectivity index (χ0v) is 10.4. The molecule has 1 aliphatic rings. The summed E-state index contributed by atoms with van der Waals surface area (Å²) >= 11 is 0. The number of benzene rings is 2. The standard InChI is InChI=1S/C15H11F4N/c16-11-7-12(17)14(19)15(13(11)18)20-10-5-8-3-1-2-4-9(8)6-10/h1-4,7,10,20H,5-6H2. The third-order valence-electron chi connectivity index (χ3n) is 3.51. The Hall–Kier alpha value is -2.04. The Labute approximate surface area is 113 Å². The van der Waals surface area contributed by atoms with Crippen LogP contribution in [0.2, 0.25) is 0 Å². The molecule has 20 heavy (non-hydrogen) atoms. The van der Waals surface area contributed by atoms with Gasteiger partial charge in [0.05, 0.1) is 0 Å².